The summed E-state index contributed by atoms with van der Waals surface area (Å²) >= 11 is 0. The van der Waals surface area contributed by atoms with E-state index in [1.54, 1.807) is 13.0 Å². The monoisotopic (exact) mass is 400 g/mol. The minimum atomic E-state index is -0.507. The molecule has 0 unspecified atom stereocenters. The molecule has 0 aliphatic carbocycles. The van der Waals surface area contributed by atoms with Crippen LogP contribution in [0.15, 0.2) is 98.0 Å². The van der Waals surface area contributed by atoms with Gasteiger partial charge in [-0.2, -0.15) is 0 Å². The van der Waals surface area contributed by atoms with Crippen molar-refractivity contribution in [2.24, 2.45) is 0 Å². The van der Waals surface area contributed by atoms with Gasteiger partial charge < -0.3 is 14.2 Å². The molecule has 150 valence electrons. The number of esters is 2. The predicted octanol–water partition coefficient (Wildman–Crippen LogP) is 5.57. The maximum atomic E-state index is 11.3. The number of ether oxygens (including phenoxy) is 3. The number of carbonyl (C=O) groups excluding carboxylic acids is 2. The van der Waals surface area contributed by atoms with Crippen LogP contribution in [0.3, 0.4) is 0 Å². The van der Waals surface area contributed by atoms with Crippen molar-refractivity contribution in [1.29, 1.82) is 0 Å². The highest BCUT2D eigenvalue weighted by molar-refractivity contribution is 5.90. The summed E-state index contributed by atoms with van der Waals surface area (Å²) in [6.45, 7) is 8.46. The Morgan fingerprint density at radius 3 is 2.17 bits per heavy atom. The van der Waals surface area contributed by atoms with Crippen LogP contribution >= 0.6 is 0 Å². The van der Waals surface area contributed by atoms with Gasteiger partial charge in [0.1, 0.15) is 24.0 Å². The lowest BCUT2D eigenvalue weighted by atomic mass is 10.0. The summed E-state index contributed by atoms with van der Waals surface area (Å²) in [5.41, 5.74) is 2.37. The number of benzene rings is 3. The maximum Gasteiger partial charge on any atom is 0.338 e. The highest BCUT2D eigenvalue weighted by Crippen LogP contribution is 2.28. The van der Waals surface area contributed by atoms with Gasteiger partial charge in [-0.15, -0.1) is 0 Å². The maximum absolute atomic E-state index is 11.3. The zero-order chi connectivity index (χ0) is 21.5. The fourth-order valence-electron chi connectivity index (χ4n) is 2.65. The molecule has 3 aromatic carbocycles. The summed E-state index contributed by atoms with van der Waals surface area (Å²) in [6, 6.07) is 19.0. The largest absolute Gasteiger partial charge is 0.462 e. The molecule has 0 aliphatic heterocycles. The topological polar surface area (TPSA) is 61.8 Å². The van der Waals surface area contributed by atoms with E-state index < -0.39 is 11.9 Å². The second kappa shape index (κ2) is 9.39. The van der Waals surface area contributed by atoms with Crippen LogP contribution in [0.25, 0.3) is 21.9 Å². The van der Waals surface area contributed by atoms with Crippen LogP contribution in [0.5, 0.6) is 11.5 Å². The first-order valence-electron chi connectivity index (χ1n) is 9.13. The SMILES string of the molecule is C=CC(=O)Oc1ccc2cc(-c3ccc(OC=COC(=O)C(=C)C)cc3)ccc2c1. The van der Waals surface area contributed by atoms with Gasteiger partial charge in [0.25, 0.3) is 0 Å². The van der Waals surface area contributed by atoms with E-state index in [2.05, 4.69) is 19.2 Å². The zero-order valence-corrected chi connectivity index (χ0v) is 16.5. The van der Waals surface area contributed by atoms with E-state index in [0.717, 1.165) is 28.0 Å². The lowest BCUT2D eigenvalue weighted by Gasteiger charge is -2.07. The first-order valence-corrected chi connectivity index (χ1v) is 9.13. The molecule has 3 aromatic rings. The second-order valence-corrected chi connectivity index (χ2v) is 6.45. The van der Waals surface area contributed by atoms with Crippen LogP contribution in [0.2, 0.25) is 0 Å². The van der Waals surface area contributed by atoms with Crippen LogP contribution in [-0.4, -0.2) is 11.9 Å². The van der Waals surface area contributed by atoms with Gasteiger partial charge in [0.05, 0.1) is 0 Å². The van der Waals surface area contributed by atoms with Gasteiger partial charge in [-0.25, -0.2) is 9.59 Å². The third kappa shape index (κ3) is 5.23. The minimum Gasteiger partial charge on any atom is -0.462 e. The molecule has 0 bridgehead atoms. The Morgan fingerprint density at radius 1 is 0.833 bits per heavy atom. The van der Waals surface area contributed by atoms with Crippen LogP contribution in [0, 0.1) is 0 Å². The van der Waals surface area contributed by atoms with Crippen LogP contribution in [0.4, 0.5) is 0 Å². The van der Waals surface area contributed by atoms with Crippen molar-refractivity contribution in [3.8, 4) is 22.6 Å². The molecular weight excluding hydrogens is 380 g/mol. The number of carbonyl (C=O) groups is 2. The third-order valence-electron chi connectivity index (χ3n) is 4.17. The van der Waals surface area contributed by atoms with E-state index in [4.69, 9.17) is 14.2 Å². The van der Waals surface area contributed by atoms with Crippen molar-refractivity contribution >= 4 is 22.7 Å². The Balaban J connectivity index is 1.69. The zero-order valence-electron chi connectivity index (χ0n) is 16.5. The van der Waals surface area contributed by atoms with Crippen LogP contribution in [0.1, 0.15) is 6.92 Å². The second-order valence-electron chi connectivity index (χ2n) is 6.45. The van der Waals surface area contributed by atoms with Gasteiger partial charge in [-0.1, -0.05) is 43.5 Å². The summed E-state index contributed by atoms with van der Waals surface area (Å²) in [4.78, 5) is 22.6. The molecule has 0 fully saturated rings. The molecule has 0 radical (unpaired) electrons. The minimum absolute atomic E-state index is 0.313. The fourth-order valence-corrected chi connectivity index (χ4v) is 2.65. The summed E-state index contributed by atoms with van der Waals surface area (Å²) in [6.07, 6.45) is 3.60. The molecule has 0 aromatic heterocycles. The van der Waals surface area contributed by atoms with E-state index in [9.17, 15) is 9.59 Å². The molecule has 0 spiro atoms. The first-order chi connectivity index (χ1) is 14.5. The highest BCUT2D eigenvalue weighted by Gasteiger charge is 2.04. The average molecular weight is 400 g/mol. The lowest BCUT2D eigenvalue weighted by Crippen LogP contribution is -2.02. The Kier molecular flexibility index (Phi) is 6.45. The van der Waals surface area contributed by atoms with Gasteiger partial charge >= 0.3 is 11.9 Å². The van der Waals surface area contributed by atoms with E-state index in [1.165, 1.54) is 12.5 Å². The van der Waals surface area contributed by atoms with Gasteiger partial charge in [-0.3, -0.25) is 0 Å². The fraction of sp³-hybridized carbons (Fsp3) is 0.0400. The Bertz CT molecular complexity index is 1140. The van der Waals surface area contributed by atoms with Crippen molar-refractivity contribution in [3.05, 3.63) is 98.0 Å². The van der Waals surface area contributed by atoms with E-state index >= 15 is 0 Å². The lowest BCUT2D eigenvalue weighted by molar-refractivity contribution is -0.133. The van der Waals surface area contributed by atoms with Gasteiger partial charge in [0.2, 0.25) is 0 Å². The van der Waals surface area contributed by atoms with Gasteiger partial charge in [-0.05, 0) is 59.2 Å². The molecule has 0 N–H and O–H groups in total. The van der Waals surface area contributed by atoms with E-state index in [1.807, 2.05) is 48.5 Å². The molecule has 0 saturated heterocycles. The van der Waals surface area contributed by atoms with Crippen LogP contribution in [-0.2, 0) is 14.3 Å². The summed E-state index contributed by atoms with van der Waals surface area (Å²) < 4.78 is 15.4. The number of hydrogen-bond acceptors (Lipinski definition) is 5. The van der Waals surface area contributed by atoms with E-state index in [-0.39, 0.29) is 0 Å². The van der Waals surface area contributed by atoms with E-state index in [0.29, 0.717) is 17.1 Å². The van der Waals surface area contributed by atoms with Crippen molar-refractivity contribution in [1.82, 2.24) is 0 Å². The van der Waals surface area contributed by atoms with Gasteiger partial charge in [0, 0.05) is 11.6 Å². The Labute approximate surface area is 174 Å². The molecule has 0 heterocycles. The molecule has 30 heavy (non-hydrogen) atoms. The molecule has 0 amide bonds. The number of fused-ring (bicyclic) bond motifs is 1. The molecule has 5 nitrogen and oxygen atoms in total. The van der Waals surface area contributed by atoms with Crippen molar-refractivity contribution in [2.45, 2.75) is 6.92 Å². The number of hydrogen-bond donors (Lipinski definition) is 0. The molecular formula is C25H20O5. The standard InChI is InChI=1S/C25H20O5/c1-4-24(26)30-23-12-9-20-15-19(5-6-21(20)16-23)18-7-10-22(11-8-18)28-13-14-29-25(27)17(2)3/h4-16H,1-2H2,3H3. The summed E-state index contributed by atoms with van der Waals surface area (Å²) in [7, 11) is 0. The normalized spacial score (nSPS) is 10.6. The summed E-state index contributed by atoms with van der Waals surface area (Å²) in [5.74, 6) is 0.0871. The third-order valence-corrected chi connectivity index (χ3v) is 4.17. The summed E-state index contributed by atoms with van der Waals surface area (Å²) in [5, 5.41) is 1.98. The highest BCUT2D eigenvalue weighted by atomic mass is 16.5. The average Bonchev–Trinajstić information content (AvgIpc) is 2.76. The molecule has 5 heteroatoms. The quantitative estimate of drug-likeness (QED) is 0.225. The van der Waals surface area contributed by atoms with Crippen molar-refractivity contribution in [2.75, 3.05) is 0 Å². The molecule has 0 saturated carbocycles. The van der Waals surface area contributed by atoms with Crippen molar-refractivity contribution in [3.63, 3.8) is 0 Å². The Morgan fingerprint density at radius 2 is 1.47 bits per heavy atom. The van der Waals surface area contributed by atoms with Crippen LogP contribution < -0.4 is 9.47 Å². The van der Waals surface area contributed by atoms with Gasteiger partial charge in [0.15, 0.2) is 0 Å². The molecule has 3 rings (SSSR count). The smallest absolute Gasteiger partial charge is 0.338 e. The molecule has 0 atom stereocenters. The molecule has 0 aliphatic rings. The number of rotatable bonds is 7. The Hall–Kier alpha value is -4.12. The van der Waals surface area contributed by atoms with Crippen molar-refractivity contribution < 1.29 is 23.8 Å². The predicted molar refractivity (Wildman–Crippen MR) is 116 cm³/mol. The first kappa shape index (κ1) is 20.6.